The van der Waals surface area contributed by atoms with Crippen molar-refractivity contribution in [2.24, 2.45) is 7.05 Å². The maximum absolute atomic E-state index is 12.7. The predicted octanol–water partition coefficient (Wildman–Crippen LogP) is 6.75. The fourth-order valence-corrected chi connectivity index (χ4v) is 4.84. The van der Waals surface area contributed by atoms with Gasteiger partial charge in [-0.3, -0.25) is 24.6 Å². The molecule has 1 atom stereocenters. The number of rotatable bonds is 9. The number of aryl methyl sites for hydroxylation is 2. The minimum atomic E-state index is -0.763. The predicted molar refractivity (Wildman–Crippen MR) is 163 cm³/mol. The lowest BCUT2D eigenvalue weighted by Gasteiger charge is -2.15. The number of benzene rings is 2. The molecular formula is C33H36N4O6. The van der Waals surface area contributed by atoms with E-state index < -0.39 is 29.6 Å². The van der Waals surface area contributed by atoms with Gasteiger partial charge in [0.2, 0.25) is 0 Å². The molecule has 1 aliphatic rings. The van der Waals surface area contributed by atoms with Crippen molar-refractivity contribution in [3.05, 3.63) is 89.7 Å². The van der Waals surface area contributed by atoms with Gasteiger partial charge in [0.25, 0.3) is 0 Å². The van der Waals surface area contributed by atoms with Gasteiger partial charge in [-0.2, -0.15) is 5.10 Å². The number of ether oxygens (including phenoxy) is 1. The molecule has 0 bridgehead atoms. The summed E-state index contributed by atoms with van der Waals surface area (Å²) in [6, 6.07) is 21.0. The molecule has 1 fully saturated rings. The van der Waals surface area contributed by atoms with E-state index in [0.717, 1.165) is 28.7 Å². The van der Waals surface area contributed by atoms with E-state index in [2.05, 4.69) is 15.4 Å². The lowest BCUT2D eigenvalue weighted by Crippen LogP contribution is -2.19. The number of aliphatic carboxylic acids is 2. The number of hydrogen-bond acceptors (Lipinski definition) is 6. The first-order valence-electron chi connectivity index (χ1n) is 14.1. The second-order valence-corrected chi connectivity index (χ2v) is 10.6. The Bertz CT molecular complexity index is 1580. The van der Waals surface area contributed by atoms with Gasteiger partial charge in [0, 0.05) is 25.2 Å². The van der Waals surface area contributed by atoms with Gasteiger partial charge in [-0.1, -0.05) is 67.6 Å². The summed E-state index contributed by atoms with van der Waals surface area (Å²) in [4.78, 5) is 38.5. The van der Waals surface area contributed by atoms with Crippen LogP contribution in [0, 0.1) is 6.92 Å². The summed E-state index contributed by atoms with van der Waals surface area (Å²) in [6.07, 6.45) is 3.16. The van der Waals surface area contributed by atoms with E-state index in [4.69, 9.17) is 9.84 Å². The molecule has 1 unspecified atom stereocenters. The monoisotopic (exact) mass is 584 g/mol. The molecule has 2 heterocycles. The van der Waals surface area contributed by atoms with Gasteiger partial charge in [0.05, 0.1) is 22.5 Å². The Morgan fingerprint density at radius 2 is 1.65 bits per heavy atom. The molecule has 43 heavy (non-hydrogen) atoms. The van der Waals surface area contributed by atoms with Crippen molar-refractivity contribution in [3.63, 3.8) is 0 Å². The van der Waals surface area contributed by atoms with Crippen LogP contribution in [0.15, 0.2) is 72.9 Å². The van der Waals surface area contributed by atoms with Gasteiger partial charge in [0.15, 0.2) is 0 Å². The normalized spacial score (nSPS) is 13.7. The summed E-state index contributed by atoms with van der Waals surface area (Å²) in [7, 11) is 1.80. The summed E-state index contributed by atoms with van der Waals surface area (Å²) in [5.74, 6) is -1.47. The van der Waals surface area contributed by atoms with Crippen molar-refractivity contribution in [2.75, 3.05) is 5.32 Å². The van der Waals surface area contributed by atoms with Crippen LogP contribution in [-0.4, -0.2) is 43.0 Å². The summed E-state index contributed by atoms with van der Waals surface area (Å²) >= 11 is 0. The molecule has 0 radical (unpaired) electrons. The minimum Gasteiger partial charge on any atom is -0.481 e. The molecule has 5 rings (SSSR count). The minimum absolute atomic E-state index is 0.292. The number of carboxylic acid groups (broad SMARTS) is 2. The summed E-state index contributed by atoms with van der Waals surface area (Å²) < 4.78 is 7.26. The summed E-state index contributed by atoms with van der Waals surface area (Å²) in [6.45, 7) is 5.48. The van der Waals surface area contributed by atoms with Crippen LogP contribution >= 0.6 is 0 Å². The highest BCUT2D eigenvalue weighted by atomic mass is 16.6. The highest BCUT2D eigenvalue weighted by Crippen LogP contribution is 2.48. The molecule has 10 nitrogen and oxygen atoms in total. The number of anilines is 1. The second kappa shape index (κ2) is 13.3. The highest BCUT2D eigenvalue weighted by Gasteiger charge is 2.51. The van der Waals surface area contributed by atoms with E-state index >= 15 is 0 Å². The van der Waals surface area contributed by atoms with Crippen molar-refractivity contribution in [1.82, 2.24) is 14.8 Å². The van der Waals surface area contributed by atoms with E-state index in [0.29, 0.717) is 42.0 Å². The Morgan fingerprint density at radius 3 is 2.16 bits per heavy atom. The summed E-state index contributed by atoms with van der Waals surface area (Å²) in [5, 5.41) is 24.8. The van der Waals surface area contributed by atoms with Crippen LogP contribution in [0.5, 0.6) is 0 Å². The number of nitrogens with one attached hydrogen (secondary N) is 1. The van der Waals surface area contributed by atoms with Crippen LogP contribution in [0.2, 0.25) is 0 Å². The molecule has 0 aliphatic heterocycles. The molecular weight excluding hydrogens is 548 g/mol. The third-order valence-electron chi connectivity index (χ3n) is 7.40. The SMILES string of the molecule is CCCC(=O)O.Cc1nn(C)c(-c2ccc(-c3ccc(C4(C(=O)O)CC4)cc3)cn2)c1NC(=O)OC(C)c1ccccc1. The number of carboxylic acids is 2. The Hall–Kier alpha value is -4.99. The smallest absolute Gasteiger partial charge is 0.412 e. The Morgan fingerprint density at radius 1 is 1.00 bits per heavy atom. The first-order valence-corrected chi connectivity index (χ1v) is 14.1. The molecule has 224 valence electrons. The van der Waals surface area contributed by atoms with Crippen molar-refractivity contribution in [1.29, 1.82) is 0 Å². The molecule has 10 heteroatoms. The molecule has 0 spiro atoms. The maximum atomic E-state index is 12.7. The standard InChI is InChI=1S/C29H28N4O4.C4H8O2/c1-18-25(31-28(36)37-19(2)20-7-5-4-6-8-20)26(33(3)32-18)24-14-11-22(17-30-24)21-9-12-23(13-10-21)29(15-16-29)27(34)35;1-2-3-4(5)6/h4-14,17,19H,15-16H2,1-3H3,(H,31,36)(H,34,35);2-3H2,1H3,(H,5,6). The largest absolute Gasteiger partial charge is 0.481 e. The fraction of sp³-hybridized carbons (Fsp3) is 0.303. The van der Waals surface area contributed by atoms with E-state index in [1.165, 1.54) is 0 Å². The second-order valence-electron chi connectivity index (χ2n) is 10.6. The number of amides is 1. The Kier molecular flexibility index (Phi) is 9.59. The van der Waals surface area contributed by atoms with Gasteiger partial charge in [0.1, 0.15) is 11.8 Å². The zero-order valence-corrected chi connectivity index (χ0v) is 24.7. The van der Waals surface area contributed by atoms with Gasteiger partial charge >= 0.3 is 18.0 Å². The van der Waals surface area contributed by atoms with Crippen molar-refractivity contribution in [3.8, 4) is 22.5 Å². The lowest BCUT2D eigenvalue weighted by atomic mass is 9.94. The molecule has 0 saturated heterocycles. The molecule has 1 aliphatic carbocycles. The highest BCUT2D eigenvalue weighted by molar-refractivity contribution is 5.91. The third kappa shape index (κ3) is 7.27. The van der Waals surface area contributed by atoms with Crippen molar-refractivity contribution in [2.45, 2.75) is 58.0 Å². The molecule has 1 amide bonds. The average molecular weight is 585 g/mol. The molecule has 2 aromatic carbocycles. The molecule has 4 aromatic rings. The van der Waals surface area contributed by atoms with Gasteiger partial charge < -0.3 is 14.9 Å². The van der Waals surface area contributed by atoms with Gasteiger partial charge in [-0.15, -0.1) is 0 Å². The number of carbonyl (C=O) groups excluding carboxylic acids is 1. The van der Waals surface area contributed by atoms with Crippen LogP contribution in [0.3, 0.4) is 0 Å². The van der Waals surface area contributed by atoms with Crippen LogP contribution in [0.25, 0.3) is 22.5 Å². The third-order valence-corrected chi connectivity index (χ3v) is 7.40. The van der Waals surface area contributed by atoms with E-state index in [-0.39, 0.29) is 0 Å². The van der Waals surface area contributed by atoms with E-state index in [1.54, 1.807) is 17.9 Å². The van der Waals surface area contributed by atoms with Crippen LogP contribution in [0.4, 0.5) is 10.5 Å². The number of carbonyl (C=O) groups is 3. The number of pyridine rings is 1. The Balaban J connectivity index is 0.000000641. The molecule has 3 N–H and O–H groups in total. The quantitative estimate of drug-likeness (QED) is 0.196. The average Bonchev–Trinajstić information content (AvgIpc) is 3.76. The van der Waals surface area contributed by atoms with Crippen LogP contribution in [-0.2, 0) is 26.8 Å². The Labute approximate surface area is 250 Å². The number of aromatic nitrogens is 3. The van der Waals surface area contributed by atoms with Crippen molar-refractivity contribution >= 4 is 23.7 Å². The molecule has 1 saturated carbocycles. The first kappa shape index (κ1) is 31.0. The van der Waals surface area contributed by atoms with Crippen molar-refractivity contribution < 1.29 is 29.3 Å². The number of nitrogens with zero attached hydrogens (tertiary/aromatic N) is 3. The van der Waals surface area contributed by atoms with E-state index in [9.17, 15) is 19.5 Å². The maximum Gasteiger partial charge on any atom is 0.412 e. The zero-order chi connectivity index (χ0) is 31.1. The van der Waals surface area contributed by atoms with Crippen LogP contribution < -0.4 is 5.32 Å². The van der Waals surface area contributed by atoms with Gasteiger partial charge in [-0.25, -0.2) is 4.79 Å². The van der Waals surface area contributed by atoms with Crippen LogP contribution in [0.1, 0.15) is 62.5 Å². The lowest BCUT2D eigenvalue weighted by molar-refractivity contribution is -0.140. The number of hydrogen-bond donors (Lipinski definition) is 3. The molecule has 2 aromatic heterocycles. The van der Waals surface area contributed by atoms with Gasteiger partial charge in [-0.05, 0) is 55.9 Å². The van der Waals surface area contributed by atoms with E-state index in [1.807, 2.05) is 87.5 Å². The fourth-order valence-electron chi connectivity index (χ4n) is 4.84. The summed E-state index contributed by atoms with van der Waals surface area (Å²) in [5.41, 5.74) is 5.38. The zero-order valence-electron chi connectivity index (χ0n) is 24.7. The first-order chi connectivity index (χ1) is 20.6. The topological polar surface area (TPSA) is 144 Å².